The Morgan fingerprint density at radius 1 is 0.950 bits per heavy atom. The highest BCUT2D eigenvalue weighted by Crippen LogP contribution is 2.45. The van der Waals surface area contributed by atoms with Crippen LogP contribution < -0.4 is 14.4 Å². The summed E-state index contributed by atoms with van der Waals surface area (Å²) in [4.78, 5) is 38.6. The SMILES string of the molecule is COCOc1cc(-c2ccc3c(N4CC5CCC(C4)N5C(=O)OC(C)(C)C)nc(OCC4(C=O)CC4)nc3c2F)c2c(C#C[Si](C(C)C)(C(C)C)C(C)C)c(F)ccc2c1. The quantitative estimate of drug-likeness (QED) is 0.0597. The monoisotopic (exact) mass is 840 g/mol. The fraction of sp³-hybridized carbons (Fsp3) is 0.532. The standard InChI is InChI=1S/C47H58F2N4O6Si/c1-28(2)60(29(3)4,30(5)6)20-17-36-39(48)16-11-31-21-34(58-27-56-10)22-38(40(31)36)35-14-15-37-42(41(35)49)50-44(57-26-47(25-54)18-19-47)51-43(37)52-23-32-12-13-33(24-52)53(32)45(55)59-46(7,8)9/h11,14-16,21-22,25,28-30,32-33H,12-13,18-19,23-24,26-27H2,1-10H3. The van der Waals surface area contributed by atoms with Crippen molar-refractivity contribution in [3.63, 3.8) is 0 Å². The molecule has 1 aromatic heterocycles. The average Bonchev–Trinajstić information content (AvgIpc) is 3.92. The molecule has 0 N–H and O–H groups in total. The molecule has 3 aromatic carbocycles. The molecule has 4 aromatic rings. The molecule has 13 heteroatoms. The Morgan fingerprint density at radius 3 is 2.20 bits per heavy atom. The molecule has 0 radical (unpaired) electrons. The van der Waals surface area contributed by atoms with Gasteiger partial charge in [0.25, 0.3) is 0 Å². The van der Waals surface area contributed by atoms with Gasteiger partial charge < -0.3 is 28.6 Å². The summed E-state index contributed by atoms with van der Waals surface area (Å²) in [7, 11) is -0.782. The van der Waals surface area contributed by atoms with Crippen LogP contribution in [0.3, 0.4) is 0 Å². The third-order valence-electron chi connectivity index (χ3n) is 12.7. The molecule has 3 fully saturated rings. The van der Waals surface area contributed by atoms with Crippen molar-refractivity contribution in [3.8, 4) is 34.4 Å². The number of methoxy groups -OCH3 is 1. The first-order valence-electron chi connectivity index (χ1n) is 21.2. The third-order valence-corrected chi connectivity index (χ3v) is 19.0. The van der Waals surface area contributed by atoms with Crippen molar-refractivity contribution in [2.75, 3.05) is 38.5 Å². The van der Waals surface area contributed by atoms with Gasteiger partial charge in [-0.1, -0.05) is 59.6 Å². The number of benzene rings is 3. The van der Waals surface area contributed by atoms with E-state index in [-0.39, 0.29) is 54.2 Å². The van der Waals surface area contributed by atoms with Gasteiger partial charge in [-0.05, 0) is 98.3 Å². The molecule has 1 saturated carbocycles. The molecule has 60 heavy (non-hydrogen) atoms. The van der Waals surface area contributed by atoms with Crippen LogP contribution in [-0.4, -0.2) is 86.6 Å². The minimum Gasteiger partial charge on any atom is -0.468 e. The number of carbonyl (C=O) groups is 2. The van der Waals surface area contributed by atoms with Crippen LogP contribution in [0.15, 0.2) is 36.4 Å². The predicted molar refractivity (Wildman–Crippen MR) is 233 cm³/mol. The van der Waals surface area contributed by atoms with Crippen molar-refractivity contribution >= 4 is 47.9 Å². The van der Waals surface area contributed by atoms with Gasteiger partial charge in [-0.2, -0.15) is 9.97 Å². The third kappa shape index (κ3) is 8.17. The van der Waals surface area contributed by atoms with Gasteiger partial charge in [-0.25, -0.2) is 13.6 Å². The van der Waals surface area contributed by atoms with E-state index in [0.29, 0.717) is 75.8 Å². The number of fused-ring (bicyclic) bond motifs is 4. The number of aromatic nitrogens is 2. The largest absolute Gasteiger partial charge is 0.468 e. The summed E-state index contributed by atoms with van der Waals surface area (Å²) in [6.45, 7) is 19.7. The molecule has 2 aliphatic heterocycles. The fourth-order valence-electron chi connectivity index (χ4n) is 9.55. The smallest absolute Gasteiger partial charge is 0.410 e. The van der Waals surface area contributed by atoms with Crippen LogP contribution in [0.2, 0.25) is 16.6 Å². The number of piperazine rings is 1. The summed E-state index contributed by atoms with van der Waals surface area (Å²) in [5.74, 6) is 3.07. The number of rotatable bonds is 12. The molecule has 2 saturated heterocycles. The van der Waals surface area contributed by atoms with Crippen LogP contribution in [-0.2, 0) is 14.3 Å². The number of hydrogen-bond acceptors (Lipinski definition) is 9. The van der Waals surface area contributed by atoms with Crippen molar-refractivity contribution in [1.29, 1.82) is 0 Å². The molecular weight excluding hydrogens is 783 g/mol. The molecule has 2 atom stereocenters. The molecule has 0 spiro atoms. The number of carbonyl (C=O) groups excluding carboxylic acids is 2. The zero-order valence-corrected chi connectivity index (χ0v) is 37.6. The van der Waals surface area contributed by atoms with Gasteiger partial charge in [0.1, 0.15) is 49.5 Å². The van der Waals surface area contributed by atoms with Crippen LogP contribution in [0.4, 0.5) is 19.4 Å². The van der Waals surface area contributed by atoms with Gasteiger partial charge in [0.2, 0.25) is 0 Å². The second-order valence-corrected chi connectivity index (χ2v) is 24.4. The van der Waals surface area contributed by atoms with Crippen molar-refractivity contribution < 1.29 is 37.3 Å². The van der Waals surface area contributed by atoms with Gasteiger partial charge in [0.15, 0.2) is 12.6 Å². The lowest BCUT2D eigenvalue weighted by molar-refractivity contribution is -0.113. The summed E-state index contributed by atoms with van der Waals surface area (Å²) >= 11 is 0. The van der Waals surface area contributed by atoms with E-state index in [1.165, 1.54) is 13.2 Å². The summed E-state index contributed by atoms with van der Waals surface area (Å²) in [6, 6.07) is 9.68. The van der Waals surface area contributed by atoms with E-state index in [1.807, 2.05) is 25.7 Å². The Bertz CT molecular complexity index is 2330. The first-order chi connectivity index (χ1) is 28.4. The van der Waals surface area contributed by atoms with Crippen molar-refractivity contribution in [2.45, 2.75) is 122 Å². The van der Waals surface area contributed by atoms with Crippen molar-refractivity contribution in [1.82, 2.24) is 14.9 Å². The molecule has 2 bridgehead atoms. The predicted octanol–water partition coefficient (Wildman–Crippen LogP) is 10.2. The van der Waals surface area contributed by atoms with E-state index in [1.54, 1.807) is 30.3 Å². The molecule has 1 amide bonds. The van der Waals surface area contributed by atoms with Gasteiger partial charge in [0, 0.05) is 36.5 Å². The van der Waals surface area contributed by atoms with E-state index >= 15 is 8.78 Å². The van der Waals surface area contributed by atoms with Crippen LogP contribution in [0.25, 0.3) is 32.8 Å². The maximum atomic E-state index is 17.7. The van der Waals surface area contributed by atoms with Gasteiger partial charge >= 0.3 is 12.1 Å². The highest BCUT2D eigenvalue weighted by Gasteiger charge is 2.46. The molecule has 320 valence electrons. The first-order valence-corrected chi connectivity index (χ1v) is 23.4. The van der Waals surface area contributed by atoms with E-state index in [0.717, 1.165) is 19.1 Å². The van der Waals surface area contributed by atoms with E-state index < -0.39 is 30.7 Å². The minimum atomic E-state index is -2.30. The Morgan fingerprint density at radius 2 is 1.62 bits per heavy atom. The van der Waals surface area contributed by atoms with Crippen LogP contribution >= 0.6 is 0 Å². The Hall–Kier alpha value is -4.80. The average molecular weight is 841 g/mol. The zero-order valence-electron chi connectivity index (χ0n) is 36.6. The number of aldehydes is 1. The molecule has 2 unspecified atom stereocenters. The lowest BCUT2D eigenvalue weighted by Crippen LogP contribution is -2.57. The molecule has 3 aliphatic rings. The van der Waals surface area contributed by atoms with Crippen molar-refractivity contribution in [2.24, 2.45) is 5.41 Å². The maximum Gasteiger partial charge on any atom is 0.410 e. The maximum absolute atomic E-state index is 17.7. The lowest BCUT2D eigenvalue weighted by atomic mass is 9.93. The lowest BCUT2D eigenvalue weighted by Gasteiger charge is -2.42. The molecule has 7 rings (SSSR count). The van der Waals surface area contributed by atoms with Crippen LogP contribution in [0, 0.1) is 28.5 Å². The van der Waals surface area contributed by atoms with E-state index in [4.69, 9.17) is 23.9 Å². The van der Waals surface area contributed by atoms with E-state index in [2.05, 4.69) is 62.9 Å². The van der Waals surface area contributed by atoms with Gasteiger partial charge in [-0.15, -0.1) is 5.54 Å². The highest BCUT2D eigenvalue weighted by molar-refractivity contribution is 6.90. The number of amides is 1. The molecular formula is C47H58F2N4O6Si. The summed E-state index contributed by atoms with van der Waals surface area (Å²) in [6.07, 6.45) is 3.52. The normalized spacial score (nSPS) is 18.6. The van der Waals surface area contributed by atoms with Gasteiger partial charge in [-0.3, -0.25) is 4.90 Å². The van der Waals surface area contributed by atoms with Crippen LogP contribution in [0.1, 0.15) is 93.6 Å². The first kappa shape index (κ1) is 43.3. The molecule has 10 nitrogen and oxygen atoms in total. The Labute approximate surface area is 353 Å². The number of ether oxygens (including phenoxy) is 4. The second-order valence-electron chi connectivity index (χ2n) is 18.8. The number of anilines is 1. The number of hydrogen-bond donors (Lipinski definition) is 0. The number of halogens is 2. The summed E-state index contributed by atoms with van der Waals surface area (Å²) < 4.78 is 57.0. The Kier molecular flexibility index (Phi) is 12.0. The Balaban J connectivity index is 1.40. The topological polar surface area (TPSA) is 103 Å². The fourth-order valence-corrected chi connectivity index (χ4v) is 14.8. The zero-order chi connectivity index (χ0) is 43.3. The van der Waals surface area contributed by atoms with Crippen molar-refractivity contribution in [3.05, 3.63) is 53.6 Å². The van der Waals surface area contributed by atoms with Gasteiger partial charge in [0.05, 0.1) is 23.1 Å². The minimum absolute atomic E-state index is 0.0108. The number of nitrogens with zero attached hydrogens (tertiary/aromatic N) is 4. The molecule has 3 heterocycles. The molecule has 1 aliphatic carbocycles. The summed E-state index contributed by atoms with van der Waals surface area (Å²) in [5.41, 5.74) is 4.15. The van der Waals surface area contributed by atoms with Crippen LogP contribution in [0.5, 0.6) is 11.8 Å². The highest BCUT2D eigenvalue weighted by atomic mass is 28.3. The summed E-state index contributed by atoms with van der Waals surface area (Å²) in [5, 5.41) is 1.55. The van der Waals surface area contributed by atoms with E-state index in [9.17, 15) is 9.59 Å². The second kappa shape index (κ2) is 16.6.